The van der Waals surface area contributed by atoms with Gasteiger partial charge in [-0.15, -0.1) is 0 Å². The second-order valence-corrected chi connectivity index (χ2v) is 13.1. The number of H-pyrrole nitrogens is 1. The zero-order valence-electron chi connectivity index (χ0n) is 26.4. The summed E-state index contributed by atoms with van der Waals surface area (Å²) < 4.78 is 0. The van der Waals surface area contributed by atoms with Gasteiger partial charge in [-0.2, -0.15) is 5.10 Å². The summed E-state index contributed by atoms with van der Waals surface area (Å²) in [5.41, 5.74) is 6.01. The number of aryl methyl sites for hydroxylation is 1. The number of likely N-dealkylation sites (N-methyl/N-ethyl adjacent to an activating group) is 1. The number of anilines is 1. The quantitative estimate of drug-likeness (QED) is 0.296. The average molecular weight is 618 g/mol. The number of hydrogen-bond donors (Lipinski definition) is 3. The van der Waals surface area contributed by atoms with Crippen molar-refractivity contribution in [2.75, 3.05) is 18.9 Å². The monoisotopic (exact) mass is 617 g/mol. The van der Waals surface area contributed by atoms with Crippen molar-refractivity contribution in [3.63, 3.8) is 0 Å². The fourth-order valence-corrected chi connectivity index (χ4v) is 7.23. The lowest BCUT2D eigenvalue weighted by atomic mass is 9.79. The smallest absolute Gasteiger partial charge is 0.253 e. The van der Waals surface area contributed by atoms with Gasteiger partial charge in [-0.05, 0) is 73.1 Å². The lowest BCUT2D eigenvalue weighted by Crippen LogP contribution is -2.48. The summed E-state index contributed by atoms with van der Waals surface area (Å²) in [6, 6.07) is 7.19. The maximum absolute atomic E-state index is 13.9. The summed E-state index contributed by atoms with van der Waals surface area (Å²) in [7, 11) is 1.82. The minimum absolute atomic E-state index is 0.0897. The van der Waals surface area contributed by atoms with Crippen molar-refractivity contribution in [3.05, 3.63) is 88.0 Å². The first-order valence-electron chi connectivity index (χ1n) is 16.3. The Kier molecular flexibility index (Phi) is 7.88. The Balaban J connectivity index is 1.20. The predicted octanol–water partition coefficient (Wildman–Crippen LogP) is 4.82. The van der Waals surface area contributed by atoms with E-state index in [0.29, 0.717) is 37.2 Å². The van der Waals surface area contributed by atoms with Crippen LogP contribution in [0.1, 0.15) is 82.4 Å². The molecule has 3 aromatic heterocycles. The number of aromatic nitrogens is 4. The first-order chi connectivity index (χ1) is 22.3. The van der Waals surface area contributed by atoms with Crippen molar-refractivity contribution in [2.45, 2.75) is 76.2 Å². The van der Waals surface area contributed by atoms with Crippen LogP contribution in [0.25, 0.3) is 17.0 Å². The van der Waals surface area contributed by atoms with Crippen molar-refractivity contribution in [3.8, 4) is 0 Å². The number of hydrogen-bond acceptors (Lipinski definition) is 6. The Labute approximate surface area is 268 Å². The Morgan fingerprint density at radius 3 is 2.70 bits per heavy atom. The van der Waals surface area contributed by atoms with Crippen molar-refractivity contribution < 1.29 is 14.4 Å². The molecular weight excluding hydrogens is 578 g/mol. The Morgan fingerprint density at radius 2 is 1.80 bits per heavy atom. The van der Waals surface area contributed by atoms with E-state index >= 15 is 0 Å². The second-order valence-electron chi connectivity index (χ2n) is 13.1. The highest BCUT2D eigenvalue weighted by Gasteiger charge is 2.52. The molecule has 3 N–H and O–H groups in total. The molecule has 3 amide bonds. The van der Waals surface area contributed by atoms with Gasteiger partial charge >= 0.3 is 0 Å². The van der Waals surface area contributed by atoms with Gasteiger partial charge in [0.05, 0.1) is 22.7 Å². The molecule has 0 saturated heterocycles. The topological polar surface area (TPSA) is 133 Å². The molecule has 7 rings (SSSR count). The van der Waals surface area contributed by atoms with E-state index in [2.05, 4.69) is 49.0 Å². The molecule has 10 nitrogen and oxygen atoms in total. The van der Waals surface area contributed by atoms with E-state index in [-0.39, 0.29) is 17.7 Å². The van der Waals surface area contributed by atoms with E-state index in [0.717, 1.165) is 82.9 Å². The molecule has 46 heavy (non-hydrogen) atoms. The van der Waals surface area contributed by atoms with Gasteiger partial charge in [0.15, 0.2) is 0 Å². The molecule has 4 aromatic rings. The van der Waals surface area contributed by atoms with E-state index in [4.69, 9.17) is 0 Å². The van der Waals surface area contributed by atoms with Crippen LogP contribution in [0.5, 0.6) is 0 Å². The van der Waals surface area contributed by atoms with E-state index in [1.807, 2.05) is 32.2 Å². The lowest BCUT2D eigenvalue weighted by Gasteiger charge is -2.25. The minimum atomic E-state index is -0.807. The fraction of sp³-hybridized carbons (Fsp3) is 0.389. The summed E-state index contributed by atoms with van der Waals surface area (Å²) in [6.45, 7) is 2.63. The van der Waals surface area contributed by atoms with Crippen molar-refractivity contribution in [1.82, 2.24) is 30.4 Å². The van der Waals surface area contributed by atoms with Crippen LogP contribution in [-0.2, 0) is 34.3 Å². The van der Waals surface area contributed by atoms with E-state index in [1.54, 1.807) is 23.5 Å². The molecule has 0 fully saturated rings. The van der Waals surface area contributed by atoms with Crippen molar-refractivity contribution >= 4 is 40.5 Å². The zero-order valence-corrected chi connectivity index (χ0v) is 26.4. The molecule has 2 aliphatic heterocycles. The molecule has 1 spiro atoms. The van der Waals surface area contributed by atoms with Crippen LogP contribution in [0.15, 0.2) is 48.9 Å². The Bertz CT molecular complexity index is 1880. The van der Waals surface area contributed by atoms with Gasteiger partial charge in [0.1, 0.15) is 11.9 Å². The molecule has 1 aromatic carbocycles. The third kappa shape index (κ3) is 5.57. The molecule has 0 unspecified atom stereocenters. The predicted molar refractivity (Wildman–Crippen MR) is 176 cm³/mol. The minimum Gasteiger partial charge on any atom is -0.344 e. The van der Waals surface area contributed by atoms with Gasteiger partial charge in [-0.1, -0.05) is 37.5 Å². The number of carbonyl (C=O) groups is 3. The van der Waals surface area contributed by atoms with E-state index in [9.17, 15) is 14.4 Å². The number of benzene rings is 1. The summed E-state index contributed by atoms with van der Waals surface area (Å²) in [5.74, 6) is 0.0164. The number of nitrogens with one attached hydrogen (secondary N) is 3. The highest BCUT2D eigenvalue weighted by atomic mass is 16.2. The number of amides is 3. The molecular formula is C36H39N7O3. The second kappa shape index (κ2) is 12.2. The highest BCUT2D eigenvalue weighted by molar-refractivity contribution is 6.06. The molecule has 0 radical (unpaired) electrons. The van der Waals surface area contributed by atoms with Crippen LogP contribution in [0, 0.1) is 6.92 Å². The fourth-order valence-electron chi connectivity index (χ4n) is 7.23. The number of allylic oxidation sites excluding steroid dienone is 1. The number of pyridine rings is 2. The van der Waals surface area contributed by atoms with Gasteiger partial charge < -0.3 is 15.5 Å². The van der Waals surface area contributed by atoms with Crippen LogP contribution in [-0.4, -0.2) is 62.4 Å². The number of fused-ring (bicyclic) bond motifs is 3. The number of rotatable bonds is 2. The van der Waals surface area contributed by atoms with Crippen LogP contribution in [0.4, 0.5) is 5.82 Å². The number of aromatic amines is 1. The molecule has 0 saturated carbocycles. The molecule has 5 bridgehead atoms. The summed E-state index contributed by atoms with van der Waals surface area (Å²) in [6.07, 6.45) is 16.8. The van der Waals surface area contributed by atoms with Crippen LogP contribution < -0.4 is 10.6 Å². The van der Waals surface area contributed by atoms with Crippen LogP contribution in [0.3, 0.4) is 0 Å². The van der Waals surface area contributed by atoms with Gasteiger partial charge in [-0.25, -0.2) is 4.98 Å². The van der Waals surface area contributed by atoms with Crippen molar-refractivity contribution in [1.29, 1.82) is 0 Å². The SMILES string of the molecule is Cc1cc(C[C@H]2NC(=O)c3cnc4c(c3)C[C@@]3(C4)C(=O)Nc4ncc(cc43)/C=C\CCCCCCCN(C)C2=O)cc2cn[nH]c12. The highest BCUT2D eigenvalue weighted by Crippen LogP contribution is 2.46. The third-order valence-corrected chi connectivity index (χ3v) is 9.77. The first kappa shape index (κ1) is 29.8. The normalized spacial score (nSPS) is 22.8. The molecule has 3 aliphatic rings. The average Bonchev–Trinajstić information content (AvgIpc) is 3.75. The molecule has 10 heteroatoms. The Hall–Kier alpha value is -4.86. The number of carbonyl (C=O) groups excluding carboxylic acids is 3. The Morgan fingerprint density at radius 1 is 0.957 bits per heavy atom. The lowest BCUT2D eigenvalue weighted by molar-refractivity contribution is -0.132. The van der Waals surface area contributed by atoms with Crippen LogP contribution >= 0.6 is 0 Å². The first-order valence-corrected chi connectivity index (χ1v) is 16.3. The number of nitrogens with zero attached hydrogens (tertiary/aromatic N) is 4. The maximum atomic E-state index is 13.9. The van der Waals surface area contributed by atoms with Gasteiger partial charge in [0.25, 0.3) is 5.91 Å². The summed E-state index contributed by atoms with van der Waals surface area (Å²) >= 11 is 0. The third-order valence-electron chi connectivity index (χ3n) is 9.77. The van der Waals surface area contributed by atoms with Gasteiger partial charge in [0.2, 0.25) is 11.8 Å². The molecule has 5 heterocycles. The maximum Gasteiger partial charge on any atom is 0.253 e. The molecule has 2 atom stereocenters. The summed E-state index contributed by atoms with van der Waals surface area (Å²) in [4.78, 5) is 52.1. The molecule has 1 aliphatic carbocycles. The van der Waals surface area contributed by atoms with E-state index in [1.165, 1.54) is 0 Å². The largest absolute Gasteiger partial charge is 0.344 e. The molecule has 236 valence electrons. The van der Waals surface area contributed by atoms with Crippen LogP contribution in [0.2, 0.25) is 0 Å². The van der Waals surface area contributed by atoms with Gasteiger partial charge in [0, 0.05) is 55.5 Å². The van der Waals surface area contributed by atoms with Gasteiger partial charge in [-0.3, -0.25) is 24.5 Å². The summed E-state index contributed by atoms with van der Waals surface area (Å²) in [5, 5.41) is 14.2. The van der Waals surface area contributed by atoms with E-state index < -0.39 is 11.5 Å². The van der Waals surface area contributed by atoms with Crippen molar-refractivity contribution in [2.24, 2.45) is 0 Å². The zero-order chi connectivity index (χ0) is 31.8. The standard InChI is InChI=1S/C36H39N7O3/c1-22-12-24(13-26-21-39-42-31(22)26)15-29-34(45)43(2)11-9-7-5-3-4-6-8-10-23-14-28-32(38-19-23)41-35(46)36(28)17-25-16-27(33(44)40-29)20-37-30(25)18-36/h8,10,12-14,16,19-21,29H,3-7,9,11,15,17-18H2,1-2H3,(H,39,42)(H,40,44)(H,38,41,46)/b10-8-/t29-,36+/m1/s1.